The standard InChI is InChI=1S/C31H35Cl2N3O4S/c1-41(39,40)36(27-17-10-14-25(32)20-27)22-30(37)35(21-24-13-8-9-18-28(24)33)29(19-23-11-4-2-5-12-23)31(38)34-26-15-6-3-7-16-26/h2,4-5,8-14,17-18,20,26,29H,3,6-7,15-16,19,21-22H2,1H3,(H,34,38). The number of amides is 2. The Morgan fingerprint density at radius 3 is 2.27 bits per heavy atom. The first-order valence-corrected chi connectivity index (χ1v) is 16.3. The number of nitrogens with zero attached hydrogens (tertiary/aromatic N) is 2. The smallest absolute Gasteiger partial charge is 0.244 e. The molecule has 41 heavy (non-hydrogen) atoms. The molecule has 1 aliphatic carbocycles. The summed E-state index contributed by atoms with van der Waals surface area (Å²) < 4.78 is 26.8. The van der Waals surface area contributed by atoms with E-state index in [2.05, 4.69) is 5.32 Å². The SMILES string of the molecule is CS(=O)(=O)N(CC(=O)N(Cc1ccccc1Cl)C(Cc1ccccc1)C(=O)NC1CCCCC1)c1cccc(Cl)c1. The van der Waals surface area contributed by atoms with Crippen LogP contribution in [0, 0.1) is 0 Å². The molecule has 0 radical (unpaired) electrons. The van der Waals surface area contributed by atoms with Crippen LogP contribution in [0.15, 0.2) is 78.9 Å². The van der Waals surface area contributed by atoms with Gasteiger partial charge in [-0.1, -0.05) is 97.1 Å². The van der Waals surface area contributed by atoms with Crippen molar-refractivity contribution in [3.63, 3.8) is 0 Å². The Labute approximate surface area is 252 Å². The first-order chi connectivity index (χ1) is 19.6. The molecule has 10 heteroatoms. The molecule has 0 saturated heterocycles. The number of hydrogen-bond donors (Lipinski definition) is 1. The van der Waals surface area contributed by atoms with Crippen LogP contribution < -0.4 is 9.62 Å². The predicted octanol–water partition coefficient (Wildman–Crippen LogP) is 5.85. The van der Waals surface area contributed by atoms with Crippen LogP contribution in [0.5, 0.6) is 0 Å². The van der Waals surface area contributed by atoms with Gasteiger partial charge in [0.15, 0.2) is 0 Å². The molecule has 1 aliphatic rings. The molecule has 1 atom stereocenters. The molecule has 2 amide bonds. The maximum atomic E-state index is 14.2. The molecule has 0 heterocycles. The van der Waals surface area contributed by atoms with E-state index < -0.39 is 28.5 Å². The van der Waals surface area contributed by atoms with E-state index in [1.165, 1.54) is 11.0 Å². The lowest BCUT2D eigenvalue weighted by molar-refractivity contribution is -0.140. The highest BCUT2D eigenvalue weighted by atomic mass is 35.5. The van der Waals surface area contributed by atoms with Crippen molar-refractivity contribution in [2.45, 2.75) is 57.2 Å². The minimum Gasteiger partial charge on any atom is -0.352 e. The van der Waals surface area contributed by atoms with E-state index in [0.717, 1.165) is 48.2 Å². The number of rotatable bonds is 11. The lowest BCUT2D eigenvalue weighted by Gasteiger charge is -2.35. The van der Waals surface area contributed by atoms with E-state index in [1.807, 2.05) is 36.4 Å². The van der Waals surface area contributed by atoms with E-state index in [9.17, 15) is 18.0 Å². The second-order valence-corrected chi connectivity index (χ2v) is 13.2. The van der Waals surface area contributed by atoms with Gasteiger partial charge in [0.25, 0.3) is 0 Å². The number of benzene rings is 3. The Morgan fingerprint density at radius 1 is 0.927 bits per heavy atom. The lowest BCUT2D eigenvalue weighted by Crippen LogP contribution is -2.55. The third kappa shape index (κ3) is 8.71. The molecule has 218 valence electrons. The van der Waals surface area contributed by atoms with Gasteiger partial charge in [-0.05, 0) is 48.2 Å². The number of carbonyl (C=O) groups is 2. The first-order valence-electron chi connectivity index (χ1n) is 13.7. The molecule has 1 N–H and O–H groups in total. The fraction of sp³-hybridized carbons (Fsp3) is 0.355. The zero-order valence-corrected chi connectivity index (χ0v) is 25.3. The van der Waals surface area contributed by atoms with Crippen LogP contribution in [0.25, 0.3) is 0 Å². The number of halogens is 2. The van der Waals surface area contributed by atoms with Gasteiger partial charge in [-0.25, -0.2) is 8.42 Å². The van der Waals surface area contributed by atoms with Crippen molar-refractivity contribution >= 4 is 50.7 Å². The van der Waals surface area contributed by atoms with Crippen LogP contribution in [-0.4, -0.2) is 50.0 Å². The minimum atomic E-state index is -3.87. The van der Waals surface area contributed by atoms with Crippen molar-refractivity contribution in [1.29, 1.82) is 0 Å². The topological polar surface area (TPSA) is 86.8 Å². The van der Waals surface area contributed by atoms with Crippen molar-refractivity contribution in [3.05, 3.63) is 100 Å². The molecule has 3 aromatic rings. The molecule has 0 spiro atoms. The van der Waals surface area contributed by atoms with Gasteiger partial charge in [0.1, 0.15) is 12.6 Å². The number of nitrogens with one attached hydrogen (secondary N) is 1. The quantitative estimate of drug-likeness (QED) is 0.293. The van der Waals surface area contributed by atoms with Gasteiger partial charge in [-0.2, -0.15) is 0 Å². The number of sulfonamides is 1. The van der Waals surface area contributed by atoms with Crippen molar-refractivity contribution in [1.82, 2.24) is 10.2 Å². The fourth-order valence-electron chi connectivity index (χ4n) is 5.15. The summed E-state index contributed by atoms with van der Waals surface area (Å²) in [5.41, 5.74) is 1.79. The Balaban J connectivity index is 1.73. The van der Waals surface area contributed by atoms with Crippen molar-refractivity contribution < 1.29 is 18.0 Å². The van der Waals surface area contributed by atoms with Crippen LogP contribution in [0.1, 0.15) is 43.2 Å². The van der Waals surface area contributed by atoms with Crippen molar-refractivity contribution in [3.8, 4) is 0 Å². The van der Waals surface area contributed by atoms with Crippen LogP contribution >= 0.6 is 23.2 Å². The van der Waals surface area contributed by atoms with Gasteiger partial charge in [-0.15, -0.1) is 0 Å². The predicted molar refractivity (Wildman–Crippen MR) is 165 cm³/mol. The number of carbonyl (C=O) groups excluding carboxylic acids is 2. The number of hydrogen-bond acceptors (Lipinski definition) is 4. The third-order valence-electron chi connectivity index (χ3n) is 7.30. The van der Waals surface area contributed by atoms with Gasteiger partial charge < -0.3 is 10.2 Å². The molecule has 1 saturated carbocycles. The maximum Gasteiger partial charge on any atom is 0.244 e. The van der Waals surface area contributed by atoms with E-state index in [4.69, 9.17) is 23.2 Å². The molecule has 4 rings (SSSR count). The summed E-state index contributed by atoms with van der Waals surface area (Å²) in [5, 5.41) is 3.97. The second-order valence-electron chi connectivity index (χ2n) is 10.4. The molecule has 3 aromatic carbocycles. The van der Waals surface area contributed by atoms with Gasteiger partial charge in [-0.3, -0.25) is 13.9 Å². The largest absolute Gasteiger partial charge is 0.352 e. The first kappa shape index (κ1) is 30.9. The summed E-state index contributed by atoms with van der Waals surface area (Å²) in [5.74, 6) is -0.801. The molecule has 1 unspecified atom stereocenters. The van der Waals surface area contributed by atoms with Crippen LogP contribution in [0.3, 0.4) is 0 Å². The molecular weight excluding hydrogens is 581 g/mol. The number of anilines is 1. The normalized spacial score (nSPS) is 14.7. The summed E-state index contributed by atoms with van der Waals surface area (Å²) in [6, 6.07) is 22.1. The highest BCUT2D eigenvalue weighted by Gasteiger charge is 2.34. The van der Waals surface area contributed by atoms with Gasteiger partial charge in [0.2, 0.25) is 21.8 Å². The average molecular weight is 617 g/mol. The average Bonchev–Trinajstić information content (AvgIpc) is 2.95. The monoisotopic (exact) mass is 615 g/mol. The minimum absolute atomic E-state index is 0.0290. The summed E-state index contributed by atoms with van der Waals surface area (Å²) in [4.78, 5) is 29.6. The highest BCUT2D eigenvalue weighted by molar-refractivity contribution is 7.92. The maximum absolute atomic E-state index is 14.2. The van der Waals surface area contributed by atoms with Gasteiger partial charge >= 0.3 is 0 Å². The summed E-state index contributed by atoms with van der Waals surface area (Å²) in [6.45, 7) is -0.479. The highest BCUT2D eigenvalue weighted by Crippen LogP contribution is 2.25. The molecule has 0 aromatic heterocycles. The van der Waals surface area contributed by atoms with E-state index in [1.54, 1.807) is 36.4 Å². The second kappa shape index (κ2) is 14.2. The van der Waals surface area contributed by atoms with E-state index in [0.29, 0.717) is 15.6 Å². The zero-order valence-electron chi connectivity index (χ0n) is 23.0. The van der Waals surface area contributed by atoms with Gasteiger partial charge in [0, 0.05) is 29.1 Å². The molecule has 0 aliphatic heterocycles. The Bertz CT molecular complexity index is 1450. The molecule has 7 nitrogen and oxygen atoms in total. The van der Waals surface area contributed by atoms with Crippen LogP contribution in [0.4, 0.5) is 5.69 Å². The Morgan fingerprint density at radius 2 is 1.61 bits per heavy atom. The fourth-order valence-corrected chi connectivity index (χ4v) is 6.37. The third-order valence-corrected chi connectivity index (χ3v) is 9.04. The lowest BCUT2D eigenvalue weighted by atomic mass is 9.94. The zero-order chi connectivity index (χ0) is 29.4. The molecular formula is C31H35Cl2N3O4S. The summed E-state index contributed by atoms with van der Waals surface area (Å²) in [6.07, 6.45) is 6.29. The van der Waals surface area contributed by atoms with Crippen LogP contribution in [0.2, 0.25) is 10.0 Å². The van der Waals surface area contributed by atoms with Crippen molar-refractivity contribution in [2.24, 2.45) is 0 Å². The van der Waals surface area contributed by atoms with E-state index >= 15 is 0 Å². The molecule has 1 fully saturated rings. The Hall–Kier alpha value is -3.07. The van der Waals surface area contributed by atoms with Gasteiger partial charge in [0.05, 0.1) is 11.9 Å². The molecule has 0 bridgehead atoms. The Kier molecular flexibility index (Phi) is 10.7. The van der Waals surface area contributed by atoms with Crippen molar-refractivity contribution in [2.75, 3.05) is 17.1 Å². The summed E-state index contributed by atoms with van der Waals surface area (Å²) >= 11 is 12.7. The van der Waals surface area contributed by atoms with E-state index in [-0.39, 0.29) is 30.6 Å². The summed E-state index contributed by atoms with van der Waals surface area (Å²) in [7, 11) is -3.87. The van der Waals surface area contributed by atoms with Crippen LogP contribution in [-0.2, 0) is 32.6 Å².